The molecule has 0 aliphatic heterocycles. The summed E-state index contributed by atoms with van der Waals surface area (Å²) >= 11 is 1.03. The third-order valence-corrected chi connectivity index (χ3v) is 5.15. The molecule has 1 atom stereocenters. The Balaban J connectivity index is 1.59. The number of carbonyl (C=O) groups is 2. The maximum absolute atomic E-state index is 13.6. The van der Waals surface area contributed by atoms with Crippen LogP contribution in [0.3, 0.4) is 0 Å². The molecule has 3 aromatic carbocycles. The van der Waals surface area contributed by atoms with E-state index < -0.39 is 23.8 Å². The van der Waals surface area contributed by atoms with E-state index in [1.807, 2.05) is 48.5 Å². The number of halogens is 1. The Morgan fingerprint density at radius 1 is 0.966 bits per heavy atom. The first-order valence-corrected chi connectivity index (χ1v) is 10.1. The maximum Gasteiger partial charge on any atom is 0.317 e. The largest absolute Gasteiger partial charge is 0.452 e. The Labute approximate surface area is 173 Å². The van der Waals surface area contributed by atoms with E-state index in [-0.39, 0.29) is 5.75 Å². The lowest BCUT2D eigenvalue weighted by Crippen LogP contribution is -2.30. The minimum Gasteiger partial charge on any atom is -0.452 e. The van der Waals surface area contributed by atoms with Crippen LogP contribution in [-0.4, -0.2) is 23.7 Å². The number of para-hydroxylation sites is 1. The molecule has 0 fully saturated rings. The zero-order chi connectivity index (χ0) is 20.6. The lowest BCUT2D eigenvalue weighted by Gasteiger charge is -2.16. The van der Waals surface area contributed by atoms with Gasteiger partial charge in [-0.2, -0.15) is 0 Å². The summed E-state index contributed by atoms with van der Waals surface area (Å²) < 4.78 is 18.8. The first kappa shape index (κ1) is 20.6. The van der Waals surface area contributed by atoms with Crippen LogP contribution in [0.4, 0.5) is 10.1 Å². The van der Waals surface area contributed by atoms with Gasteiger partial charge in [0, 0.05) is 16.1 Å². The molecule has 0 heterocycles. The minimum atomic E-state index is -0.979. The van der Waals surface area contributed by atoms with Crippen molar-refractivity contribution in [2.24, 2.45) is 0 Å². The van der Waals surface area contributed by atoms with Crippen LogP contribution in [0, 0.1) is 5.82 Å². The number of hydrogen-bond acceptors (Lipinski definition) is 4. The fourth-order valence-corrected chi connectivity index (χ4v) is 3.40. The third-order valence-electron chi connectivity index (χ3n) is 4.13. The number of ether oxygens (including phenoxy) is 1. The molecule has 148 valence electrons. The van der Waals surface area contributed by atoms with Crippen LogP contribution in [0.2, 0.25) is 0 Å². The highest BCUT2D eigenvalue weighted by Crippen LogP contribution is 2.27. The number of thioether (sulfide) groups is 1. The van der Waals surface area contributed by atoms with Crippen molar-refractivity contribution in [1.82, 2.24) is 0 Å². The number of amides is 1. The average molecular weight is 409 g/mol. The van der Waals surface area contributed by atoms with Gasteiger partial charge in [0.1, 0.15) is 5.82 Å². The SMILES string of the molecule is C[C@H](OC(=O)CSc1ccccc1F)C(=O)Nc1ccccc1-c1ccccc1. The molecule has 0 radical (unpaired) electrons. The molecule has 0 aliphatic rings. The van der Waals surface area contributed by atoms with Gasteiger partial charge in [0.15, 0.2) is 6.10 Å². The highest BCUT2D eigenvalue weighted by molar-refractivity contribution is 8.00. The summed E-state index contributed by atoms with van der Waals surface area (Å²) in [5, 5.41) is 2.81. The number of rotatable bonds is 7. The molecule has 0 spiro atoms. The fourth-order valence-electron chi connectivity index (χ4n) is 2.68. The number of benzene rings is 3. The van der Waals surface area contributed by atoms with Crippen LogP contribution in [0.5, 0.6) is 0 Å². The van der Waals surface area contributed by atoms with Crippen LogP contribution in [0.1, 0.15) is 6.92 Å². The van der Waals surface area contributed by atoms with Crippen LogP contribution in [-0.2, 0) is 14.3 Å². The lowest BCUT2D eigenvalue weighted by atomic mass is 10.0. The van der Waals surface area contributed by atoms with E-state index in [2.05, 4.69) is 5.32 Å². The van der Waals surface area contributed by atoms with Crippen LogP contribution in [0.15, 0.2) is 83.8 Å². The summed E-state index contributed by atoms with van der Waals surface area (Å²) in [6.45, 7) is 1.51. The van der Waals surface area contributed by atoms with E-state index in [0.29, 0.717) is 10.6 Å². The second-order valence-electron chi connectivity index (χ2n) is 6.25. The first-order valence-electron chi connectivity index (χ1n) is 9.06. The predicted octanol–water partition coefficient (Wildman–Crippen LogP) is 5.16. The Morgan fingerprint density at radius 2 is 1.62 bits per heavy atom. The van der Waals surface area contributed by atoms with Gasteiger partial charge >= 0.3 is 5.97 Å². The van der Waals surface area contributed by atoms with Crippen LogP contribution in [0.25, 0.3) is 11.1 Å². The number of anilines is 1. The van der Waals surface area contributed by atoms with Crippen molar-refractivity contribution in [2.75, 3.05) is 11.1 Å². The second-order valence-corrected chi connectivity index (χ2v) is 7.27. The molecular weight excluding hydrogens is 389 g/mol. The summed E-state index contributed by atoms with van der Waals surface area (Å²) in [7, 11) is 0. The molecule has 0 aromatic heterocycles. The molecule has 1 amide bonds. The highest BCUT2D eigenvalue weighted by Gasteiger charge is 2.19. The summed E-state index contributed by atoms with van der Waals surface area (Å²) in [6, 6.07) is 23.3. The molecule has 3 rings (SSSR count). The van der Waals surface area contributed by atoms with Gasteiger partial charge in [0.05, 0.1) is 5.75 Å². The standard InChI is InChI=1S/C23H20FNO3S/c1-16(28-22(26)15-29-21-14-8-6-12-19(21)24)23(27)25-20-13-7-5-11-18(20)17-9-3-2-4-10-17/h2-14,16H,15H2,1H3,(H,25,27)/t16-/m0/s1. The van der Waals surface area contributed by atoms with Gasteiger partial charge in [0.25, 0.3) is 5.91 Å². The summed E-state index contributed by atoms with van der Waals surface area (Å²) in [5.74, 6) is -1.50. The smallest absolute Gasteiger partial charge is 0.317 e. The van der Waals surface area contributed by atoms with Gasteiger partial charge in [-0.25, -0.2) is 4.39 Å². The zero-order valence-electron chi connectivity index (χ0n) is 15.8. The summed E-state index contributed by atoms with van der Waals surface area (Å²) in [4.78, 5) is 24.9. The average Bonchev–Trinajstić information content (AvgIpc) is 2.74. The Bertz CT molecular complexity index is 994. The molecule has 6 heteroatoms. The molecule has 0 aliphatic carbocycles. The highest BCUT2D eigenvalue weighted by atomic mass is 32.2. The van der Waals surface area contributed by atoms with Crippen LogP contribution >= 0.6 is 11.8 Å². The van der Waals surface area contributed by atoms with Crippen molar-refractivity contribution < 1.29 is 18.7 Å². The van der Waals surface area contributed by atoms with Crippen LogP contribution < -0.4 is 5.32 Å². The Kier molecular flexibility index (Phi) is 7.03. The number of hydrogen-bond donors (Lipinski definition) is 1. The molecule has 1 N–H and O–H groups in total. The Hall–Kier alpha value is -3.12. The van der Waals surface area contributed by atoms with Crippen molar-refractivity contribution in [3.63, 3.8) is 0 Å². The molecule has 3 aromatic rings. The monoisotopic (exact) mass is 409 g/mol. The Morgan fingerprint density at radius 3 is 2.38 bits per heavy atom. The van der Waals surface area contributed by atoms with Crippen molar-refractivity contribution >= 4 is 29.3 Å². The van der Waals surface area contributed by atoms with Gasteiger partial charge in [-0.15, -0.1) is 11.8 Å². The number of esters is 1. The van der Waals surface area contributed by atoms with Gasteiger partial charge in [-0.3, -0.25) is 9.59 Å². The van der Waals surface area contributed by atoms with E-state index in [4.69, 9.17) is 4.74 Å². The number of carbonyl (C=O) groups excluding carboxylic acids is 2. The summed E-state index contributed by atoms with van der Waals surface area (Å²) in [5.41, 5.74) is 2.47. The first-order chi connectivity index (χ1) is 14.0. The molecule has 4 nitrogen and oxygen atoms in total. The molecule has 0 bridgehead atoms. The topological polar surface area (TPSA) is 55.4 Å². The fraction of sp³-hybridized carbons (Fsp3) is 0.130. The minimum absolute atomic E-state index is 0.0842. The molecular formula is C23H20FNO3S. The predicted molar refractivity (Wildman–Crippen MR) is 113 cm³/mol. The molecule has 29 heavy (non-hydrogen) atoms. The van der Waals surface area contributed by atoms with Crippen molar-refractivity contribution in [1.29, 1.82) is 0 Å². The lowest BCUT2D eigenvalue weighted by molar-refractivity contribution is -0.150. The van der Waals surface area contributed by atoms with Gasteiger partial charge in [-0.1, -0.05) is 60.7 Å². The molecule has 0 saturated heterocycles. The van der Waals surface area contributed by atoms with Gasteiger partial charge < -0.3 is 10.1 Å². The maximum atomic E-state index is 13.6. The number of nitrogens with one attached hydrogen (secondary N) is 1. The van der Waals surface area contributed by atoms with E-state index in [9.17, 15) is 14.0 Å². The quantitative estimate of drug-likeness (QED) is 0.433. The normalized spacial score (nSPS) is 11.5. The van der Waals surface area contributed by atoms with Gasteiger partial charge in [0.2, 0.25) is 0 Å². The van der Waals surface area contributed by atoms with Gasteiger partial charge in [-0.05, 0) is 30.7 Å². The van der Waals surface area contributed by atoms with Crippen molar-refractivity contribution in [3.8, 4) is 11.1 Å². The van der Waals surface area contributed by atoms with Crippen molar-refractivity contribution in [3.05, 3.63) is 84.7 Å². The van der Waals surface area contributed by atoms with Crippen molar-refractivity contribution in [2.45, 2.75) is 17.9 Å². The van der Waals surface area contributed by atoms with E-state index in [1.54, 1.807) is 24.3 Å². The summed E-state index contributed by atoms with van der Waals surface area (Å²) in [6.07, 6.45) is -0.979. The molecule has 0 unspecified atom stereocenters. The second kappa shape index (κ2) is 9.89. The zero-order valence-corrected chi connectivity index (χ0v) is 16.6. The third kappa shape index (κ3) is 5.68. The molecule has 0 saturated carbocycles. The van der Waals surface area contributed by atoms with E-state index >= 15 is 0 Å². The van der Waals surface area contributed by atoms with E-state index in [1.165, 1.54) is 13.0 Å². The van der Waals surface area contributed by atoms with E-state index in [0.717, 1.165) is 22.9 Å².